The standard InChI is InChI=1S/C18H15P.C8H14O3.C7H11N3O2.C7H11NO.C7H12O3.C7H10O.C6H9NO2.2CH3F.CH4O.Li.N3.Na.2H2O/c1-4-10-16(11-5-1)19(17-12-6-2-7-13-17)18-14-8-3-9-15-18;1-5(9)8(11-2)7(10)6-3-4-6;1-4(11)6(9-10-8)7(12)5-2-3-5;1-4(9)6-7(8-6)5-2-3-5;1-4(8)6(9)7(10)5-2-3-5;1-6(8)2-3-7-4-5-7;8-6(9)5-4(7-5)3-1-2-3;3*1-2;;1-3-2;;;/h1-15H;6-8,10H,3-4H2,1-2H3;5-7,12H,2-3H2,1H3;5-8H,2-3H2,1H3;5-7,9-10H,2-3H2,1H3;2-3,7H,4-5H2,1H3;3-5,7H,1-2H2,(H,8,9);2*1H3;2H,1H3;;;;2*1H2/q;;;;;;;;;;+1;-1;+1;;/p-1/b;;;;;3-2+;;;;;;;;;/t;7-,8-;6-,7+;2*6-,7-;;4-,5+;;;;;;;;/m.1011.1......../s1/i;;;;;;;2*1D;;;;;;. The van der Waals surface area contributed by atoms with Gasteiger partial charge in [-0.25, -0.2) is 0 Å². The van der Waals surface area contributed by atoms with Gasteiger partial charge in [0.15, 0.2) is 17.3 Å². The Balaban J connectivity index is -0.000000488. The molecule has 3 aromatic rings. The fraction of sp³-hybridized carbons (Fsp3) is 0.587. The molecule has 0 aromatic heterocycles. The number of rotatable bonds is 20. The Labute approximate surface area is 572 Å². The first kappa shape index (κ1) is 88.4. The zero-order valence-electron chi connectivity index (χ0n) is 55.8. The predicted octanol–water partition coefficient (Wildman–Crippen LogP) is 0.880. The number of carboxylic acids is 1. The summed E-state index contributed by atoms with van der Waals surface area (Å²) in [5, 5.41) is 66.1. The number of hydrogen-bond acceptors (Lipinski definition) is 16. The molecule has 8 aliphatic rings. The number of halogens is 2. The van der Waals surface area contributed by atoms with Gasteiger partial charge in [-0.15, -0.1) is 0 Å². The predicted molar refractivity (Wildman–Crippen MR) is 339 cm³/mol. The van der Waals surface area contributed by atoms with Gasteiger partial charge >= 0.3 is 54.4 Å². The summed E-state index contributed by atoms with van der Waals surface area (Å²) in [5.41, 5.74) is 21.6. The number of carbonyl (C=O) groups excluding carboxylic acids is 5. The van der Waals surface area contributed by atoms with Crippen LogP contribution in [0.1, 0.15) is 114 Å². The molecular weight excluding hydrogens is 1210 g/mol. The number of aliphatic hydroxyl groups excluding tert-OH is 5. The van der Waals surface area contributed by atoms with Crippen LogP contribution in [-0.4, -0.2) is 166 Å². The number of allylic oxidation sites excluding steroid dienone is 2. The molecule has 0 amide bonds. The van der Waals surface area contributed by atoms with E-state index in [1.165, 1.54) is 87.2 Å². The van der Waals surface area contributed by atoms with Gasteiger partial charge in [-0.05, 0) is 183 Å². The molecule has 23 nitrogen and oxygen atoms in total. The number of benzene rings is 3. The molecule has 6 saturated carbocycles. The topological polar surface area (TPSA) is 446 Å². The number of methoxy groups -OCH3 is 1. The molecule has 10 atom stereocenters. The van der Waals surface area contributed by atoms with Gasteiger partial charge in [0.05, 0.1) is 41.4 Å². The van der Waals surface area contributed by atoms with E-state index in [1.807, 2.05) is 6.08 Å². The second-order valence-corrected chi connectivity index (χ2v) is 24.0. The minimum absolute atomic E-state index is 0. The summed E-state index contributed by atoms with van der Waals surface area (Å²) in [6, 6.07) is 32.4. The monoisotopic (exact) mass is 1300 g/mol. The number of carboxylic acid groups (broad SMARTS) is 1. The van der Waals surface area contributed by atoms with Crippen LogP contribution in [0.3, 0.4) is 0 Å². The molecule has 11 rings (SSSR count). The van der Waals surface area contributed by atoms with E-state index in [1.54, 1.807) is 19.9 Å². The van der Waals surface area contributed by atoms with Crippen molar-refractivity contribution in [1.82, 2.24) is 10.6 Å². The van der Waals surface area contributed by atoms with E-state index >= 15 is 0 Å². The zero-order chi connectivity index (χ0) is 67.2. The van der Waals surface area contributed by atoms with Crippen LogP contribution in [0.15, 0.2) is 108 Å². The summed E-state index contributed by atoms with van der Waals surface area (Å²) in [7, 11) is 0.0100. The maximum atomic E-state index is 10.9. The molecule has 2 saturated heterocycles. The van der Waals surface area contributed by atoms with Crippen molar-refractivity contribution in [3.8, 4) is 0 Å². The SMILES string of the molecule is CC(=O)/C=C/C1CC1.CC(=O)[C@@H](O)[C@H](O)C1CC1.CC(=O)[C@H](N=[N+]=[N-])[C@H](O)C1CC1.CC(=O)[C@H]1N[C@@H]1C1CC1.CO.CO[C@H](C(C)=O)[C@H](O)C1CC1.O.O=C(O)[C@H]1N[C@@H]1C1CC1.[2H]CF.[2H]CF.[Li+].[N-]=[N+]=[N-].[Na+].[OH-].c1ccc(P(c2ccccc2)c2ccccc2)cc1. The number of azide groups is 1. The summed E-state index contributed by atoms with van der Waals surface area (Å²) in [6.45, 7) is 7.31. The smallest absolute Gasteiger partial charge is 0.870 e. The largest absolute Gasteiger partial charge is 1.00 e. The molecule has 91 heavy (non-hydrogen) atoms. The van der Waals surface area contributed by atoms with Crippen molar-refractivity contribution >= 4 is 58.7 Å². The Bertz CT molecular complexity index is 2540. The normalized spacial score (nSPS) is 20.6. The molecule has 0 spiro atoms. The molecule has 11 N–H and O–H groups in total. The Morgan fingerprint density at radius 3 is 1.23 bits per heavy atom. The van der Waals surface area contributed by atoms with Crippen LogP contribution in [0.5, 0.6) is 0 Å². The van der Waals surface area contributed by atoms with Gasteiger partial charge in [0.25, 0.3) is 0 Å². The van der Waals surface area contributed by atoms with E-state index in [2.05, 4.69) is 112 Å². The van der Waals surface area contributed by atoms with Gasteiger partial charge in [-0.1, -0.05) is 102 Å². The third-order valence-electron chi connectivity index (χ3n) is 14.4. The van der Waals surface area contributed by atoms with Crippen LogP contribution in [0.2, 0.25) is 0 Å². The molecule has 6 aliphatic carbocycles. The Hall–Kier alpha value is -4.67. The number of Topliss-reactive ketones (excluding diaryl/α,β-unsaturated/α-hetero) is 4. The van der Waals surface area contributed by atoms with Crippen LogP contribution in [-0.2, 0) is 33.5 Å². The van der Waals surface area contributed by atoms with Crippen LogP contribution in [0.25, 0.3) is 26.4 Å². The summed E-state index contributed by atoms with van der Waals surface area (Å²) in [5.74, 6) is 1.96. The second kappa shape index (κ2) is 51.7. The van der Waals surface area contributed by atoms with Crippen LogP contribution in [0, 0.1) is 35.5 Å². The van der Waals surface area contributed by atoms with E-state index in [9.17, 15) is 47.8 Å². The van der Waals surface area contributed by atoms with Gasteiger partial charge in [-0.2, -0.15) is 0 Å². The first-order valence-electron chi connectivity index (χ1n) is 30.3. The minimum Gasteiger partial charge on any atom is -0.870 e. The number of aliphatic hydroxyl groups is 5. The van der Waals surface area contributed by atoms with Crippen molar-refractivity contribution < 1.29 is 135 Å². The molecule has 0 bridgehead atoms. The van der Waals surface area contributed by atoms with Crippen molar-refractivity contribution in [3.05, 3.63) is 130 Å². The minimum atomic E-state index is -1.16. The van der Waals surface area contributed by atoms with Gasteiger partial charge in [-0.3, -0.25) is 47.8 Å². The van der Waals surface area contributed by atoms with Crippen molar-refractivity contribution in [2.45, 2.75) is 172 Å². The average molecular weight is 1310 g/mol. The Kier molecular flexibility index (Phi) is 50.2. The van der Waals surface area contributed by atoms with E-state index < -0.39 is 64.8 Å². The molecule has 28 heteroatoms. The Morgan fingerprint density at radius 1 is 0.626 bits per heavy atom. The summed E-state index contributed by atoms with van der Waals surface area (Å²) in [6.07, 6.45) is 13.2. The fourth-order valence-electron chi connectivity index (χ4n) is 8.67. The van der Waals surface area contributed by atoms with Gasteiger partial charge in [0.1, 0.15) is 35.9 Å². The second-order valence-electron chi connectivity index (χ2n) is 21.8. The summed E-state index contributed by atoms with van der Waals surface area (Å²) >= 11 is 0. The van der Waals surface area contributed by atoms with Gasteiger partial charge in [0.2, 0.25) is 0 Å². The maximum absolute atomic E-state index is 10.9. The zero-order valence-corrected chi connectivity index (χ0v) is 56.7. The van der Waals surface area contributed by atoms with Crippen molar-refractivity contribution in [2.75, 3.05) is 28.5 Å². The number of aliphatic carboxylic acids is 1. The molecule has 8 fully saturated rings. The number of hydrogen-bond donors (Lipinski definition) is 8. The molecule has 498 valence electrons. The summed E-state index contributed by atoms with van der Waals surface area (Å²) in [4.78, 5) is 67.5. The van der Waals surface area contributed by atoms with E-state index in [0.29, 0.717) is 29.7 Å². The summed E-state index contributed by atoms with van der Waals surface area (Å²) < 4.78 is 35.9. The Morgan fingerprint density at radius 2 is 0.978 bits per heavy atom. The number of carbonyl (C=O) groups is 6. The molecule has 0 radical (unpaired) electrons. The third kappa shape index (κ3) is 39.0. The average Bonchev–Trinajstić information content (AvgIpc) is 1.52. The number of ether oxygens (including phenoxy) is 1. The number of ketones is 5. The van der Waals surface area contributed by atoms with Crippen molar-refractivity contribution in [2.24, 2.45) is 40.6 Å². The van der Waals surface area contributed by atoms with Crippen molar-refractivity contribution in [3.63, 3.8) is 0 Å². The van der Waals surface area contributed by atoms with E-state index in [0.717, 1.165) is 57.5 Å². The number of nitrogens with zero attached hydrogens (tertiary/aromatic N) is 6. The van der Waals surface area contributed by atoms with E-state index in [-0.39, 0.29) is 106 Å². The quantitative estimate of drug-likeness (QED) is 0.0148. The third-order valence-corrected chi connectivity index (χ3v) is 16.9. The fourth-order valence-corrected chi connectivity index (χ4v) is 11.0. The maximum Gasteiger partial charge on any atom is 1.00 e. The molecule has 2 heterocycles. The molecule has 2 aliphatic heterocycles. The first-order chi connectivity index (χ1) is 42.5. The molecule has 0 unspecified atom stereocenters. The van der Waals surface area contributed by atoms with Gasteiger partial charge < -0.3 is 62.7 Å². The van der Waals surface area contributed by atoms with E-state index in [4.69, 9.17) is 44.5 Å². The molecule has 3 aromatic carbocycles. The first-order valence-corrected chi connectivity index (χ1v) is 30.2. The van der Waals surface area contributed by atoms with Gasteiger partial charge in [0, 0.05) is 31.2 Å². The van der Waals surface area contributed by atoms with Crippen LogP contribution >= 0.6 is 7.92 Å². The van der Waals surface area contributed by atoms with Crippen molar-refractivity contribution in [1.29, 1.82) is 0 Å². The van der Waals surface area contributed by atoms with Crippen LogP contribution < -0.4 is 75.0 Å². The van der Waals surface area contributed by atoms with Crippen LogP contribution in [0.4, 0.5) is 8.78 Å². The number of nitrogens with one attached hydrogen (secondary N) is 2. The number of alkyl halides is 2. The molecular formula is C63H95F2LiN8NaO15P.